The number of carbonyl (C=O) groups is 4. The molecule has 6 N–H and O–H groups in total. The average molecular weight is 1070 g/mol. The van der Waals surface area contributed by atoms with E-state index in [9.17, 15) is 80.6 Å². The lowest BCUT2D eigenvalue weighted by Crippen LogP contribution is -2.50. The number of thiophene rings is 4. The third-order valence-electron chi connectivity index (χ3n) is 9.36. The highest BCUT2D eigenvalue weighted by Crippen LogP contribution is 2.55. The number of rotatable bonds is 9. The topological polar surface area (TPSA) is 151 Å². The van der Waals surface area contributed by atoms with Crippen LogP contribution >= 0.6 is 45.3 Å². The van der Waals surface area contributed by atoms with E-state index < -0.39 is 65.0 Å². The van der Waals surface area contributed by atoms with Gasteiger partial charge in [-0.2, -0.15) is 52.7 Å². The molecule has 0 saturated heterocycles. The van der Waals surface area contributed by atoms with Gasteiger partial charge in [-0.15, -0.1) is 45.3 Å². The van der Waals surface area contributed by atoms with Gasteiger partial charge in [-0.1, -0.05) is 36.4 Å². The summed E-state index contributed by atoms with van der Waals surface area (Å²) in [7, 11) is 0. The van der Waals surface area contributed by atoms with Crippen molar-refractivity contribution in [1.82, 2.24) is 0 Å². The van der Waals surface area contributed by atoms with Crippen molar-refractivity contribution in [2.45, 2.75) is 63.7 Å². The summed E-state index contributed by atoms with van der Waals surface area (Å²) < 4.78 is 184. The standard InChI is InChI=1S/C21H15F7N2O2S2.C16H13F7N2OS.C5H4O2S/c1-10-6-13(19(22,20(23,24)25)21(26,27)28)7-11(2)16(10)30-17(31)12-8-15(34-9-12)29-18(32)14-4-3-5-33-14;1-7-3-10(14(17,15(18,19)20)16(21,22)23)4-8(2)12(7)25-13(26)9-5-11(24)27-6-9;6-5(7)4-2-1-3-8-4/h3-9H,1-2H3,(H,29,32)(H,30,31);3-6H,24H2,1-2H3,(H,25,26);1-3H,(H,6,7). The fourth-order valence-electron chi connectivity index (χ4n) is 6.04. The van der Waals surface area contributed by atoms with Crippen LogP contribution in [0.1, 0.15) is 73.4 Å². The molecule has 0 saturated carbocycles. The van der Waals surface area contributed by atoms with Crippen molar-refractivity contribution in [3.63, 3.8) is 0 Å². The Labute approximate surface area is 396 Å². The van der Waals surface area contributed by atoms with E-state index in [0.29, 0.717) is 44.0 Å². The Bertz CT molecular complexity index is 2720. The highest BCUT2D eigenvalue weighted by Gasteiger charge is 2.74. The van der Waals surface area contributed by atoms with Crippen LogP contribution in [-0.2, 0) is 11.3 Å². The highest BCUT2D eigenvalue weighted by atomic mass is 32.1. The van der Waals surface area contributed by atoms with Gasteiger partial charge in [0.15, 0.2) is 0 Å². The molecule has 27 heteroatoms. The second-order valence-electron chi connectivity index (χ2n) is 14.3. The van der Waals surface area contributed by atoms with Gasteiger partial charge in [0.1, 0.15) is 4.88 Å². The van der Waals surface area contributed by atoms with E-state index in [2.05, 4.69) is 16.0 Å². The molecule has 2 aromatic carbocycles. The molecule has 0 spiro atoms. The number of benzene rings is 2. The van der Waals surface area contributed by atoms with Crippen LogP contribution in [0.3, 0.4) is 0 Å². The van der Waals surface area contributed by atoms with Crippen LogP contribution in [0.25, 0.3) is 0 Å². The molecule has 0 atom stereocenters. The van der Waals surface area contributed by atoms with E-state index in [1.165, 1.54) is 59.4 Å². The number of anilines is 4. The van der Waals surface area contributed by atoms with Crippen molar-refractivity contribution in [3.8, 4) is 0 Å². The van der Waals surface area contributed by atoms with Crippen LogP contribution in [0, 0.1) is 27.7 Å². The maximum atomic E-state index is 14.4. The molecule has 0 aliphatic rings. The first-order chi connectivity index (χ1) is 31.6. The molecule has 0 unspecified atom stereocenters. The molecule has 0 bridgehead atoms. The monoisotopic (exact) mass is 1070 g/mol. The van der Waals surface area contributed by atoms with Gasteiger partial charge >= 0.3 is 42.0 Å². The number of carbonyl (C=O) groups excluding carboxylic acids is 3. The zero-order valence-electron chi connectivity index (χ0n) is 35.2. The number of hydrogen-bond donors (Lipinski definition) is 5. The normalized spacial score (nSPS) is 12.3. The Kier molecular flexibility index (Phi) is 16.8. The van der Waals surface area contributed by atoms with Gasteiger partial charge in [0, 0.05) is 33.3 Å². The molecule has 4 heterocycles. The van der Waals surface area contributed by atoms with Crippen molar-refractivity contribution in [2.24, 2.45) is 0 Å². The van der Waals surface area contributed by atoms with Crippen LogP contribution in [0.5, 0.6) is 0 Å². The maximum absolute atomic E-state index is 14.4. The Hall–Kier alpha value is -6.06. The quantitative estimate of drug-likeness (QED) is 0.0910. The number of carboxylic acids is 1. The van der Waals surface area contributed by atoms with E-state index in [4.69, 9.17) is 10.8 Å². The molecular weight excluding hydrogens is 1030 g/mol. The van der Waals surface area contributed by atoms with Crippen LogP contribution in [0.4, 0.5) is 82.8 Å². The first-order valence-corrected chi connectivity index (χ1v) is 22.2. The van der Waals surface area contributed by atoms with Crippen LogP contribution in [0.2, 0.25) is 0 Å². The Morgan fingerprint density at radius 3 is 1.16 bits per heavy atom. The van der Waals surface area contributed by atoms with Crippen molar-refractivity contribution in [2.75, 3.05) is 21.7 Å². The van der Waals surface area contributed by atoms with E-state index in [0.717, 1.165) is 36.5 Å². The molecule has 4 aromatic heterocycles. The van der Waals surface area contributed by atoms with Gasteiger partial charge in [-0.05, 0) is 85.0 Å². The summed E-state index contributed by atoms with van der Waals surface area (Å²) in [6.07, 6.45) is -24.9. The molecule has 0 fully saturated rings. The SMILES string of the molecule is Cc1cc(C(F)(C(F)(F)F)C(F)(F)F)cc(C)c1NC(=O)c1csc(N)c1.Cc1cc(C(F)(C(F)(F)F)C(F)(F)F)cc(C)c1NC(=O)c1csc(NC(=O)c2cccs2)c1.O=C(O)c1cccs1. The third-order valence-corrected chi connectivity index (χ3v) is 12.7. The predicted octanol–water partition coefficient (Wildman–Crippen LogP) is 14.2. The van der Waals surface area contributed by atoms with Crippen molar-refractivity contribution in [1.29, 1.82) is 0 Å². The number of carboxylic acid groups (broad SMARTS) is 1. The zero-order valence-corrected chi connectivity index (χ0v) is 38.4. The summed E-state index contributed by atoms with van der Waals surface area (Å²) in [4.78, 5) is 47.8. The molecule has 0 aliphatic heterocycles. The minimum Gasteiger partial charge on any atom is -0.477 e. The highest BCUT2D eigenvalue weighted by molar-refractivity contribution is 7.15. The van der Waals surface area contributed by atoms with Crippen molar-refractivity contribution in [3.05, 3.63) is 136 Å². The fourth-order valence-corrected chi connectivity index (χ4v) is 8.63. The Morgan fingerprint density at radius 1 is 0.493 bits per heavy atom. The Balaban J connectivity index is 0.000000263. The number of aromatic carboxylic acids is 1. The lowest BCUT2D eigenvalue weighted by atomic mass is 9.90. The zero-order chi connectivity index (χ0) is 52.2. The summed E-state index contributed by atoms with van der Waals surface area (Å²) in [5, 5.41) is 22.7. The van der Waals surface area contributed by atoms with Gasteiger partial charge in [-0.25, -0.2) is 13.6 Å². The minimum absolute atomic E-state index is 0.0137. The lowest BCUT2D eigenvalue weighted by Gasteiger charge is -2.31. The van der Waals surface area contributed by atoms with Crippen molar-refractivity contribution >= 4 is 90.4 Å². The number of alkyl halides is 14. The third kappa shape index (κ3) is 12.4. The number of nitrogen functional groups attached to an aromatic ring is 1. The van der Waals surface area contributed by atoms with Gasteiger partial charge in [0.2, 0.25) is 0 Å². The van der Waals surface area contributed by atoms with Gasteiger partial charge < -0.3 is 26.8 Å². The lowest BCUT2D eigenvalue weighted by molar-refractivity contribution is -0.349. The molecule has 3 amide bonds. The van der Waals surface area contributed by atoms with Gasteiger partial charge in [0.05, 0.1) is 26.0 Å². The van der Waals surface area contributed by atoms with Crippen molar-refractivity contribution < 1.29 is 85.8 Å². The van der Waals surface area contributed by atoms with E-state index >= 15 is 0 Å². The van der Waals surface area contributed by atoms with E-state index in [1.807, 2.05) is 0 Å². The predicted molar refractivity (Wildman–Crippen MR) is 234 cm³/mol. The molecule has 6 aromatic rings. The summed E-state index contributed by atoms with van der Waals surface area (Å²) in [5.41, 5.74) is -9.33. The van der Waals surface area contributed by atoms with Crippen LogP contribution in [0.15, 0.2) is 82.2 Å². The molecule has 69 heavy (non-hydrogen) atoms. The summed E-state index contributed by atoms with van der Waals surface area (Å²) in [6, 6.07) is 11.0. The molecule has 6 rings (SSSR count). The second kappa shape index (κ2) is 20.9. The van der Waals surface area contributed by atoms with Gasteiger partial charge in [0.25, 0.3) is 17.7 Å². The summed E-state index contributed by atoms with van der Waals surface area (Å²) in [6.45, 7) is 4.64. The first kappa shape index (κ1) is 55.5. The van der Waals surface area contributed by atoms with E-state index in [1.54, 1.807) is 35.0 Å². The number of halogens is 14. The number of amides is 3. The molecular formula is C42H32F14N4O5S4. The number of aryl methyl sites for hydroxylation is 4. The first-order valence-electron chi connectivity index (χ1n) is 18.7. The smallest absolute Gasteiger partial charge is 0.435 e. The molecule has 372 valence electrons. The largest absolute Gasteiger partial charge is 0.477 e. The summed E-state index contributed by atoms with van der Waals surface area (Å²) in [5.74, 6) is -2.60. The molecule has 9 nitrogen and oxygen atoms in total. The minimum atomic E-state index is -6.24. The average Bonchev–Trinajstić information content (AvgIpc) is 4.07. The maximum Gasteiger partial charge on any atom is 0.435 e. The van der Waals surface area contributed by atoms with Gasteiger partial charge in [-0.3, -0.25) is 14.4 Å². The molecule has 0 aliphatic carbocycles. The van der Waals surface area contributed by atoms with Crippen LogP contribution < -0.4 is 21.7 Å². The number of hydrogen-bond acceptors (Lipinski definition) is 9. The number of nitrogens with one attached hydrogen (secondary N) is 3. The summed E-state index contributed by atoms with van der Waals surface area (Å²) >= 11 is 4.58. The Morgan fingerprint density at radius 2 is 0.855 bits per heavy atom. The van der Waals surface area contributed by atoms with E-state index in [-0.39, 0.29) is 50.7 Å². The molecule has 0 radical (unpaired) electrons. The second-order valence-corrected chi connectivity index (χ2v) is 18.1. The van der Waals surface area contributed by atoms with Crippen LogP contribution in [-0.4, -0.2) is 53.5 Å². The number of nitrogens with two attached hydrogens (primary N) is 1. The fraction of sp³-hybridized carbons (Fsp3) is 0.238.